The summed E-state index contributed by atoms with van der Waals surface area (Å²) in [7, 11) is 0. The van der Waals surface area contributed by atoms with Gasteiger partial charge in [-0.15, -0.1) is 12.6 Å². The average Bonchev–Trinajstić information content (AvgIpc) is 2.15. The summed E-state index contributed by atoms with van der Waals surface area (Å²) in [5.74, 6) is 1.47. The summed E-state index contributed by atoms with van der Waals surface area (Å²) in [6.45, 7) is 4.61. The monoisotopic (exact) mass is 196 g/mol. The summed E-state index contributed by atoms with van der Waals surface area (Å²) in [5, 5.41) is 0. The third kappa shape index (κ3) is 3.22. The van der Waals surface area contributed by atoms with E-state index in [2.05, 4.69) is 44.7 Å². The lowest BCUT2D eigenvalue weighted by Crippen LogP contribution is -2.13. The molecule has 0 fully saturated rings. The second-order valence-electron chi connectivity index (χ2n) is 3.98. The summed E-state index contributed by atoms with van der Waals surface area (Å²) in [4.78, 5) is 1.27. The van der Waals surface area contributed by atoms with Gasteiger partial charge in [-0.05, 0) is 23.2 Å². The number of rotatable bonds is 4. The van der Waals surface area contributed by atoms with E-state index in [4.69, 9.17) is 0 Å². The van der Waals surface area contributed by atoms with Gasteiger partial charge in [0.1, 0.15) is 0 Å². The van der Waals surface area contributed by atoms with Crippen LogP contribution < -0.4 is 0 Å². The van der Waals surface area contributed by atoms with Gasteiger partial charge in [-0.3, -0.25) is 0 Å². The van der Waals surface area contributed by atoms with Crippen molar-refractivity contribution in [2.75, 3.05) is 0 Å². The van der Waals surface area contributed by atoms with Crippen LogP contribution in [0, 0.1) is 11.8 Å². The molecule has 0 heterocycles. The zero-order chi connectivity index (χ0) is 9.68. The van der Waals surface area contributed by atoms with Gasteiger partial charge in [-0.2, -0.15) is 0 Å². The Kier molecular flexibility index (Phi) is 4.65. The molecule has 2 atom stereocenters. The van der Waals surface area contributed by atoms with E-state index >= 15 is 0 Å². The second-order valence-corrected chi connectivity index (χ2v) is 4.50. The van der Waals surface area contributed by atoms with Gasteiger partial charge in [0.25, 0.3) is 0 Å². The summed E-state index contributed by atoms with van der Waals surface area (Å²) < 4.78 is 0. The topological polar surface area (TPSA) is 0 Å². The number of hydrogen-bond donors (Lipinski definition) is 1. The molecule has 0 nitrogen and oxygen atoms in total. The van der Waals surface area contributed by atoms with Crippen molar-refractivity contribution in [3.8, 4) is 0 Å². The minimum Gasteiger partial charge on any atom is -0.148 e. The molecule has 74 valence electrons. The van der Waals surface area contributed by atoms with Crippen molar-refractivity contribution in [1.29, 1.82) is 0 Å². The highest BCUT2D eigenvalue weighted by Gasteiger charge is 2.19. The Morgan fingerprint density at radius 1 is 1.62 bits per heavy atom. The van der Waals surface area contributed by atoms with Crippen LogP contribution in [0.15, 0.2) is 23.1 Å². The smallest absolute Gasteiger partial charge is 0.00441 e. The van der Waals surface area contributed by atoms with Crippen LogP contribution >= 0.6 is 12.6 Å². The maximum atomic E-state index is 4.53. The van der Waals surface area contributed by atoms with Crippen LogP contribution in [0.2, 0.25) is 0 Å². The quantitative estimate of drug-likeness (QED) is 0.640. The van der Waals surface area contributed by atoms with E-state index < -0.39 is 0 Å². The van der Waals surface area contributed by atoms with Crippen LogP contribution in [-0.2, 0) is 0 Å². The number of thiol groups is 1. The van der Waals surface area contributed by atoms with Crippen LogP contribution in [0.5, 0.6) is 0 Å². The first-order valence-electron chi connectivity index (χ1n) is 5.31. The van der Waals surface area contributed by atoms with E-state index in [1.165, 1.54) is 30.6 Å². The summed E-state index contributed by atoms with van der Waals surface area (Å²) in [6, 6.07) is 0. The fraction of sp³-hybridized carbons (Fsp3) is 0.667. The molecule has 0 aromatic rings. The van der Waals surface area contributed by atoms with Gasteiger partial charge in [-0.25, -0.2) is 0 Å². The van der Waals surface area contributed by atoms with Crippen molar-refractivity contribution >= 4 is 12.6 Å². The maximum absolute atomic E-state index is 4.53. The summed E-state index contributed by atoms with van der Waals surface area (Å²) in [5.41, 5.74) is 0. The molecule has 0 aromatic carbocycles. The van der Waals surface area contributed by atoms with Crippen molar-refractivity contribution < 1.29 is 0 Å². The van der Waals surface area contributed by atoms with Crippen molar-refractivity contribution in [1.82, 2.24) is 0 Å². The third-order valence-corrected chi connectivity index (χ3v) is 3.35. The summed E-state index contributed by atoms with van der Waals surface area (Å²) >= 11 is 4.53. The fourth-order valence-corrected chi connectivity index (χ4v) is 2.33. The van der Waals surface area contributed by atoms with E-state index in [-0.39, 0.29) is 0 Å². The zero-order valence-corrected chi connectivity index (χ0v) is 9.56. The van der Waals surface area contributed by atoms with Crippen LogP contribution in [0.1, 0.15) is 39.5 Å². The van der Waals surface area contributed by atoms with E-state index in [0.717, 1.165) is 5.92 Å². The lowest BCUT2D eigenvalue weighted by Gasteiger charge is -2.24. The Morgan fingerprint density at radius 2 is 2.38 bits per heavy atom. The molecular weight excluding hydrogens is 176 g/mol. The van der Waals surface area contributed by atoms with E-state index in [1.807, 2.05) is 0 Å². The highest BCUT2D eigenvalue weighted by atomic mass is 32.1. The molecule has 0 saturated heterocycles. The molecule has 1 aliphatic rings. The second kappa shape index (κ2) is 5.54. The molecular formula is C12H20S. The molecule has 0 spiro atoms. The standard InChI is InChI=1S/C12H20S/c1-3-4-7-10(2)11-8-5-6-9-12(11)13/h5-6,9-11,13H,3-4,7-8H2,1-2H3. The Labute approximate surface area is 87.5 Å². The van der Waals surface area contributed by atoms with Crippen molar-refractivity contribution in [2.24, 2.45) is 11.8 Å². The highest BCUT2D eigenvalue weighted by molar-refractivity contribution is 7.84. The first-order chi connectivity index (χ1) is 6.25. The predicted octanol–water partition coefficient (Wildman–Crippen LogP) is 4.20. The van der Waals surface area contributed by atoms with Crippen molar-refractivity contribution in [3.05, 3.63) is 23.1 Å². The molecule has 0 saturated carbocycles. The van der Waals surface area contributed by atoms with Crippen LogP contribution in [-0.4, -0.2) is 0 Å². The number of unbranched alkanes of at least 4 members (excludes halogenated alkanes) is 1. The van der Waals surface area contributed by atoms with Crippen molar-refractivity contribution in [3.63, 3.8) is 0 Å². The lowest BCUT2D eigenvalue weighted by molar-refractivity contribution is 0.385. The van der Waals surface area contributed by atoms with Gasteiger partial charge in [0.15, 0.2) is 0 Å². The third-order valence-electron chi connectivity index (χ3n) is 2.87. The molecule has 1 rings (SSSR count). The summed E-state index contributed by atoms with van der Waals surface area (Å²) in [6.07, 6.45) is 11.7. The van der Waals surface area contributed by atoms with Crippen LogP contribution in [0.25, 0.3) is 0 Å². The number of allylic oxidation sites excluding steroid dienone is 4. The van der Waals surface area contributed by atoms with Crippen LogP contribution in [0.4, 0.5) is 0 Å². The number of hydrogen-bond acceptors (Lipinski definition) is 1. The van der Waals surface area contributed by atoms with E-state index in [1.54, 1.807) is 0 Å². The molecule has 0 aromatic heterocycles. The molecule has 1 aliphatic carbocycles. The van der Waals surface area contributed by atoms with Gasteiger partial charge < -0.3 is 0 Å². The Bertz CT molecular complexity index is 203. The molecule has 0 aliphatic heterocycles. The maximum Gasteiger partial charge on any atom is -0.00441 e. The zero-order valence-electron chi connectivity index (χ0n) is 8.66. The van der Waals surface area contributed by atoms with Gasteiger partial charge in [-0.1, -0.05) is 51.3 Å². The van der Waals surface area contributed by atoms with Gasteiger partial charge in [0.2, 0.25) is 0 Å². The Hall–Kier alpha value is -0.170. The van der Waals surface area contributed by atoms with E-state index in [0.29, 0.717) is 5.92 Å². The van der Waals surface area contributed by atoms with E-state index in [9.17, 15) is 0 Å². The largest absolute Gasteiger partial charge is 0.148 e. The predicted molar refractivity (Wildman–Crippen MR) is 63.0 cm³/mol. The minimum atomic E-state index is 0.680. The van der Waals surface area contributed by atoms with Gasteiger partial charge >= 0.3 is 0 Å². The Balaban J connectivity index is 2.42. The molecule has 1 heteroatoms. The SMILES string of the molecule is CCCCC(C)C1CC=CC=C1S. The molecule has 0 bridgehead atoms. The fourth-order valence-electron chi connectivity index (χ4n) is 1.89. The van der Waals surface area contributed by atoms with Gasteiger partial charge in [0.05, 0.1) is 0 Å². The van der Waals surface area contributed by atoms with Crippen LogP contribution in [0.3, 0.4) is 0 Å². The minimum absolute atomic E-state index is 0.680. The molecule has 13 heavy (non-hydrogen) atoms. The molecule has 2 unspecified atom stereocenters. The first-order valence-corrected chi connectivity index (χ1v) is 5.76. The molecule has 0 N–H and O–H groups in total. The lowest BCUT2D eigenvalue weighted by atomic mass is 9.85. The molecule has 0 amide bonds. The highest BCUT2D eigenvalue weighted by Crippen LogP contribution is 2.32. The van der Waals surface area contributed by atoms with Crippen molar-refractivity contribution in [2.45, 2.75) is 39.5 Å². The first kappa shape index (κ1) is 10.9. The normalized spacial score (nSPS) is 24.2. The average molecular weight is 196 g/mol. The Morgan fingerprint density at radius 3 is 3.00 bits per heavy atom. The van der Waals surface area contributed by atoms with Gasteiger partial charge in [0, 0.05) is 0 Å². The molecule has 0 radical (unpaired) electrons.